The normalized spacial score (nSPS) is 13.3. The quantitative estimate of drug-likeness (QED) is 0.438. The van der Waals surface area contributed by atoms with Gasteiger partial charge in [-0.1, -0.05) is 55.5 Å². The lowest BCUT2D eigenvalue weighted by Crippen LogP contribution is -2.40. The average Bonchev–Trinajstić information content (AvgIpc) is 3.12. The molecule has 3 aromatic rings. The molecule has 6 nitrogen and oxygen atoms in total. The van der Waals surface area contributed by atoms with Gasteiger partial charge >= 0.3 is 0 Å². The third-order valence-corrected chi connectivity index (χ3v) is 5.63. The van der Waals surface area contributed by atoms with Gasteiger partial charge in [0.2, 0.25) is 5.88 Å². The largest absolute Gasteiger partial charge is 0.439 e. The Morgan fingerprint density at radius 3 is 2.31 bits per heavy atom. The number of rotatable bonds is 12. The molecule has 0 saturated carbocycles. The van der Waals surface area contributed by atoms with Crippen LogP contribution in [0.3, 0.4) is 0 Å². The van der Waals surface area contributed by atoms with Crippen molar-refractivity contribution in [2.24, 2.45) is 7.05 Å². The van der Waals surface area contributed by atoms with Crippen LogP contribution in [-0.4, -0.2) is 51.7 Å². The van der Waals surface area contributed by atoms with E-state index in [9.17, 15) is 5.11 Å². The Labute approximate surface area is 191 Å². The molecule has 0 spiro atoms. The van der Waals surface area contributed by atoms with Crippen molar-refractivity contribution in [1.29, 1.82) is 0 Å². The van der Waals surface area contributed by atoms with Gasteiger partial charge in [-0.15, -0.1) is 0 Å². The van der Waals surface area contributed by atoms with Crippen LogP contribution in [0.25, 0.3) is 11.3 Å². The van der Waals surface area contributed by atoms with Crippen molar-refractivity contribution in [3.63, 3.8) is 0 Å². The molecule has 1 N–H and O–H groups in total. The van der Waals surface area contributed by atoms with Gasteiger partial charge in [-0.05, 0) is 32.4 Å². The van der Waals surface area contributed by atoms with E-state index >= 15 is 0 Å². The van der Waals surface area contributed by atoms with Crippen molar-refractivity contribution in [2.75, 3.05) is 19.8 Å². The van der Waals surface area contributed by atoms with Crippen LogP contribution in [-0.2, 0) is 18.3 Å². The van der Waals surface area contributed by atoms with Crippen LogP contribution in [0.2, 0.25) is 0 Å². The molecule has 0 radical (unpaired) electrons. The van der Waals surface area contributed by atoms with Crippen LogP contribution in [0.5, 0.6) is 11.6 Å². The highest BCUT2D eigenvalue weighted by Gasteiger charge is 2.25. The molecular weight excluding hydrogens is 402 g/mol. The Morgan fingerprint density at radius 2 is 1.69 bits per heavy atom. The molecule has 1 heterocycles. The van der Waals surface area contributed by atoms with Gasteiger partial charge < -0.3 is 14.6 Å². The van der Waals surface area contributed by atoms with Crippen LogP contribution >= 0.6 is 0 Å². The molecule has 2 atom stereocenters. The van der Waals surface area contributed by atoms with Crippen LogP contribution in [0.1, 0.15) is 32.8 Å². The molecule has 6 heteroatoms. The number of benzene rings is 2. The highest BCUT2D eigenvalue weighted by molar-refractivity contribution is 5.65. The average molecular weight is 438 g/mol. The van der Waals surface area contributed by atoms with E-state index in [2.05, 4.69) is 30.9 Å². The Balaban J connectivity index is 1.98. The molecule has 2 aromatic carbocycles. The number of aromatic nitrogens is 2. The van der Waals surface area contributed by atoms with Crippen molar-refractivity contribution in [1.82, 2.24) is 14.7 Å². The van der Waals surface area contributed by atoms with Crippen molar-refractivity contribution >= 4 is 0 Å². The summed E-state index contributed by atoms with van der Waals surface area (Å²) in [5.74, 6) is 1.48. The fraction of sp³-hybridized carbons (Fsp3) is 0.423. The van der Waals surface area contributed by atoms with Crippen molar-refractivity contribution < 1.29 is 14.6 Å². The zero-order valence-corrected chi connectivity index (χ0v) is 19.6. The summed E-state index contributed by atoms with van der Waals surface area (Å²) in [4.78, 5) is 2.28. The lowest BCUT2D eigenvalue weighted by atomic mass is 10.1. The maximum atomic E-state index is 10.6. The molecular formula is C26H35N3O3. The number of aliphatic hydroxyl groups excluding tert-OH is 1. The number of aliphatic hydroxyl groups is 1. The molecule has 0 aliphatic carbocycles. The number of nitrogens with zero attached hydrogens (tertiary/aromatic N) is 3. The topological polar surface area (TPSA) is 59.8 Å². The standard InChI is InChI=1S/C26H35N3O3/c1-5-20(3)29(17-22(30)19-31-6-2)18-24-25(21-13-9-7-10-14-21)27-28(4)26(24)32-23-15-11-8-12-16-23/h7-16,20,22,30H,5-6,17-19H2,1-4H3/t20-,22-/m0/s1. The molecule has 0 aliphatic rings. The van der Waals surface area contributed by atoms with E-state index in [0.717, 1.165) is 29.0 Å². The summed E-state index contributed by atoms with van der Waals surface area (Å²) in [6.45, 7) is 8.33. The Bertz CT molecular complexity index is 944. The predicted octanol–water partition coefficient (Wildman–Crippen LogP) is 4.88. The monoisotopic (exact) mass is 437 g/mol. The summed E-state index contributed by atoms with van der Waals surface area (Å²) < 4.78 is 13.6. The molecule has 32 heavy (non-hydrogen) atoms. The first-order chi connectivity index (χ1) is 15.5. The number of hydrogen-bond donors (Lipinski definition) is 1. The molecule has 3 rings (SSSR count). The van der Waals surface area contributed by atoms with Gasteiger partial charge in [-0.25, -0.2) is 4.68 Å². The second-order valence-corrected chi connectivity index (χ2v) is 8.04. The number of hydrogen-bond acceptors (Lipinski definition) is 5. The van der Waals surface area contributed by atoms with E-state index < -0.39 is 6.10 Å². The van der Waals surface area contributed by atoms with Gasteiger partial charge in [-0.2, -0.15) is 5.10 Å². The van der Waals surface area contributed by atoms with Gasteiger partial charge in [0, 0.05) is 38.3 Å². The molecule has 0 unspecified atom stereocenters. The summed E-state index contributed by atoms with van der Waals surface area (Å²) in [7, 11) is 1.91. The van der Waals surface area contributed by atoms with E-state index in [-0.39, 0.29) is 6.04 Å². The smallest absolute Gasteiger partial charge is 0.222 e. The SMILES string of the molecule is CCOC[C@@H](O)CN(Cc1c(-c2ccccc2)nn(C)c1Oc1ccccc1)[C@@H](C)CC. The van der Waals surface area contributed by atoms with Crippen LogP contribution in [0.4, 0.5) is 0 Å². The van der Waals surface area contributed by atoms with Crippen molar-refractivity contribution in [2.45, 2.75) is 45.9 Å². The zero-order chi connectivity index (χ0) is 22.9. The highest BCUT2D eigenvalue weighted by Crippen LogP contribution is 2.34. The predicted molar refractivity (Wildman–Crippen MR) is 128 cm³/mol. The maximum Gasteiger partial charge on any atom is 0.222 e. The van der Waals surface area contributed by atoms with E-state index in [1.54, 1.807) is 4.68 Å². The van der Waals surface area contributed by atoms with Crippen LogP contribution in [0.15, 0.2) is 60.7 Å². The third kappa shape index (κ3) is 6.19. The van der Waals surface area contributed by atoms with Gasteiger partial charge in [0.1, 0.15) is 11.4 Å². The summed E-state index contributed by atoms with van der Waals surface area (Å²) >= 11 is 0. The minimum Gasteiger partial charge on any atom is -0.439 e. The zero-order valence-electron chi connectivity index (χ0n) is 19.6. The number of aryl methyl sites for hydroxylation is 1. The lowest BCUT2D eigenvalue weighted by molar-refractivity contribution is 0.0112. The molecule has 172 valence electrons. The molecule has 1 aromatic heterocycles. The highest BCUT2D eigenvalue weighted by atomic mass is 16.5. The first-order valence-corrected chi connectivity index (χ1v) is 11.4. The first-order valence-electron chi connectivity index (χ1n) is 11.4. The molecule has 0 bridgehead atoms. The number of para-hydroxylation sites is 1. The maximum absolute atomic E-state index is 10.6. The first kappa shape index (κ1) is 24.0. The van der Waals surface area contributed by atoms with Crippen LogP contribution in [0, 0.1) is 0 Å². The lowest BCUT2D eigenvalue weighted by Gasteiger charge is -2.30. The Morgan fingerprint density at radius 1 is 1.03 bits per heavy atom. The van der Waals surface area contributed by atoms with E-state index in [1.165, 1.54) is 0 Å². The molecule has 0 aliphatic heterocycles. The van der Waals surface area contributed by atoms with Gasteiger partial charge in [0.25, 0.3) is 0 Å². The Hall–Kier alpha value is -2.67. The minimum absolute atomic E-state index is 0.277. The Kier molecular flexibility index (Phi) is 8.85. The van der Waals surface area contributed by atoms with Gasteiger partial charge in [-0.3, -0.25) is 4.90 Å². The molecule has 0 amide bonds. The minimum atomic E-state index is -0.556. The van der Waals surface area contributed by atoms with Gasteiger partial charge in [0.05, 0.1) is 18.3 Å². The fourth-order valence-electron chi connectivity index (χ4n) is 3.69. The van der Waals surface area contributed by atoms with Gasteiger partial charge in [0.15, 0.2) is 0 Å². The fourth-order valence-corrected chi connectivity index (χ4v) is 3.69. The van der Waals surface area contributed by atoms with E-state index in [1.807, 2.05) is 62.5 Å². The van der Waals surface area contributed by atoms with Crippen molar-refractivity contribution in [3.05, 3.63) is 66.2 Å². The summed E-state index contributed by atoms with van der Waals surface area (Å²) in [6.07, 6.45) is 0.413. The van der Waals surface area contributed by atoms with Crippen molar-refractivity contribution in [3.8, 4) is 22.9 Å². The second-order valence-electron chi connectivity index (χ2n) is 8.04. The summed E-state index contributed by atoms with van der Waals surface area (Å²) in [5.41, 5.74) is 2.94. The summed E-state index contributed by atoms with van der Waals surface area (Å²) in [6, 6.07) is 20.2. The third-order valence-electron chi connectivity index (χ3n) is 5.63. The van der Waals surface area contributed by atoms with Crippen LogP contribution < -0.4 is 4.74 Å². The molecule has 0 fully saturated rings. The van der Waals surface area contributed by atoms with E-state index in [0.29, 0.717) is 32.2 Å². The second kappa shape index (κ2) is 11.8. The molecule has 0 saturated heterocycles. The summed E-state index contributed by atoms with van der Waals surface area (Å²) in [5, 5.41) is 15.4. The number of ether oxygens (including phenoxy) is 2. The van der Waals surface area contributed by atoms with E-state index in [4.69, 9.17) is 14.6 Å².